The summed E-state index contributed by atoms with van der Waals surface area (Å²) in [6.07, 6.45) is 4.68. The summed E-state index contributed by atoms with van der Waals surface area (Å²) in [5.74, 6) is -0.151. The molecule has 0 aromatic carbocycles. The summed E-state index contributed by atoms with van der Waals surface area (Å²) in [7, 11) is 0. The standard InChI is InChI=1S/C11H17N3O3/c1-9-7-10(14(16)17)12-13(9)8-11(15)5-3-2-4-6-11/h7,15H,2-6,8H2,1H3. The lowest BCUT2D eigenvalue weighted by atomic mass is 9.85. The number of aliphatic hydroxyl groups is 1. The second kappa shape index (κ2) is 4.44. The zero-order valence-electron chi connectivity index (χ0n) is 9.93. The Labute approximate surface area is 99.4 Å². The first-order chi connectivity index (χ1) is 8.00. The number of aromatic nitrogens is 2. The van der Waals surface area contributed by atoms with Crippen molar-refractivity contribution in [2.45, 2.75) is 51.2 Å². The normalized spacial score (nSPS) is 19.2. The number of nitrogens with zero attached hydrogens (tertiary/aromatic N) is 3. The molecule has 1 aliphatic rings. The Hall–Kier alpha value is -1.43. The van der Waals surface area contributed by atoms with Crippen molar-refractivity contribution in [3.8, 4) is 0 Å². The van der Waals surface area contributed by atoms with Crippen LogP contribution in [0.1, 0.15) is 37.8 Å². The zero-order chi connectivity index (χ0) is 12.5. The van der Waals surface area contributed by atoms with E-state index in [9.17, 15) is 15.2 Å². The van der Waals surface area contributed by atoms with Crippen LogP contribution in [0, 0.1) is 17.0 Å². The number of aryl methyl sites for hydroxylation is 1. The van der Waals surface area contributed by atoms with Crippen molar-refractivity contribution in [3.05, 3.63) is 21.9 Å². The molecule has 0 atom stereocenters. The monoisotopic (exact) mass is 239 g/mol. The van der Waals surface area contributed by atoms with Gasteiger partial charge < -0.3 is 15.2 Å². The average molecular weight is 239 g/mol. The van der Waals surface area contributed by atoms with Crippen LogP contribution in [0.3, 0.4) is 0 Å². The molecule has 1 heterocycles. The lowest BCUT2D eigenvalue weighted by Crippen LogP contribution is -2.36. The van der Waals surface area contributed by atoms with Crippen molar-refractivity contribution in [2.24, 2.45) is 0 Å². The van der Waals surface area contributed by atoms with Crippen LogP contribution in [0.5, 0.6) is 0 Å². The first-order valence-corrected chi connectivity index (χ1v) is 5.91. The molecule has 0 amide bonds. The summed E-state index contributed by atoms with van der Waals surface area (Å²) in [6.45, 7) is 2.12. The van der Waals surface area contributed by atoms with Crippen molar-refractivity contribution in [1.29, 1.82) is 0 Å². The molecule has 1 N–H and O–H groups in total. The lowest BCUT2D eigenvalue weighted by Gasteiger charge is -2.31. The van der Waals surface area contributed by atoms with Crippen molar-refractivity contribution >= 4 is 5.82 Å². The predicted octanol–water partition coefficient (Wildman–Crippen LogP) is 1.79. The van der Waals surface area contributed by atoms with Gasteiger partial charge in [-0.25, -0.2) is 0 Å². The van der Waals surface area contributed by atoms with Crippen LogP contribution >= 0.6 is 0 Å². The van der Waals surface area contributed by atoms with E-state index in [0.29, 0.717) is 6.54 Å². The van der Waals surface area contributed by atoms with Gasteiger partial charge in [-0.1, -0.05) is 19.3 Å². The second-order valence-corrected chi connectivity index (χ2v) is 4.84. The third-order valence-electron chi connectivity index (χ3n) is 3.38. The summed E-state index contributed by atoms with van der Waals surface area (Å²) in [4.78, 5) is 10.1. The summed E-state index contributed by atoms with van der Waals surface area (Å²) in [5.41, 5.74) is -0.0289. The summed E-state index contributed by atoms with van der Waals surface area (Å²) in [6, 6.07) is 1.44. The van der Waals surface area contributed by atoms with Gasteiger partial charge >= 0.3 is 5.82 Å². The van der Waals surface area contributed by atoms with Crippen LogP contribution in [-0.4, -0.2) is 25.4 Å². The van der Waals surface area contributed by atoms with E-state index >= 15 is 0 Å². The fourth-order valence-corrected chi connectivity index (χ4v) is 2.39. The van der Waals surface area contributed by atoms with E-state index in [0.717, 1.165) is 37.8 Å². The van der Waals surface area contributed by atoms with E-state index in [1.54, 1.807) is 11.6 Å². The fraction of sp³-hybridized carbons (Fsp3) is 0.727. The molecule has 0 bridgehead atoms. The molecule has 17 heavy (non-hydrogen) atoms. The summed E-state index contributed by atoms with van der Waals surface area (Å²) >= 11 is 0. The van der Waals surface area contributed by atoms with Gasteiger partial charge in [-0.15, -0.1) is 0 Å². The summed E-state index contributed by atoms with van der Waals surface area (Å²) < 4.78 is 1.55. The third-order valence-corrected chi connectivity index (χ3v) is 3.38. The Morgan fingerprint density at radius 1 is 1.53 bits per heavy atom. The van der Waals surface area contributed by atoms with Crippen molar-refractivity contribution < 1.29 is 10.0 Å². The van der Waals surface area contributed by atoms with Gasteiger partial charge in [0.2, 0.25) is 0 Å². The van der Waals surface area contributed by atoms with Gasteiger partial charge in [-0.05, 0) is 24.7 Å². The topological polar surface area (TPSA) is 81.2 Å². The van der Waals surface area contributed by atoms with E-state index in [1.165, 1.54) is 6.07 Å². The van der Waals surface area contributed by atoms with E-state index in [-0.39, 0.29) is 5.82 Å². The first-order valence-electron chi connectivity index (χ1n) is 5.91. The van der Waals surface area contributed by atoms with E-state index < -0.39 is 10.5 Å². The zero-order valence-corrected chi connectivity index (χ0v) is 9.93. The van der Waals surface area contributed by atoms with Gasteiger partial charge in [-0.2, -0.15) is 4.68 Å². The van der Waals surface area contributed by atoms with E-state index in [4.69, 9.17) is 0 Å². The molecule has 1 aromatic heterocycles. The van der Waals surface area contributed by atoms with Gasteiger partial charge in [0.15, 0.2) is 0 Å². The van der Waals surface area contributed by atoms with E-state index in [1.807, 2.05) is 0 Å². The molecular formula is C11H17N3O3. The molecule has 0 saturated heterocycles. The molecule has 2 rings (SSSR count). The second-order valence-electron chi connectivity index (χ2n) is 4.84. The fourth-order valence-electron chi connectivity index (χ4n) is 2.39. The maximum absolute atomic E-state index is 10.6. The van der Waals surface area contributed by atoms with Crippen molar-refractivity contribution in [1.82, 2.24) is 9.78 Å². The Bertz CT molecular complexity index is 422. The maximum atomic E-state index is 10.6. The first kappa shape index (κ1) is 12.0. The molecule has 0 spiro atoms. The number of nitro groups is 1. The molecule has 1 aromatic rings. The predicted molar refractivity (Wildman–Crippen MR) is 61.7 cm³/mol. The summed E-state index contributed by atoms with van der Waals surface area (Å²) in [5, 5.41) is 24.9. The third kappa shape index (κ3) is 2.63. The number of rotatable bonds is 3. The Kier molecular flexibility index (Phi) is 3.15. The van der Waals surface area contributed by atoms with Gasteiger partial charge in [0.05, 0.1) is 29.0 Å². The highest BCUT2D eigenvalue weighted by molar-refractivity contribution is 5.21. The molecule has 6 heteroatoms. The van der Waals surface area contributed by atoms with Crippen LogP contribution in [-0.2, 0) is 6.54 Å². The maximum Gasteiger partial charge on any atom is 0.390 e. The van der Waals surface area contributed by atoms with Crippen LogP contribution in [0.25, 0.3) is 0 Å². The van der Waals surface area contributed by atoms with Crippen LogP contribution in [0.15, 0.2) is 6.07 Å². The highest BCUT2D eigenvalue weighted by atomic mass is 16.6. The highest BCUT2D eigenvalue weighted by Gasteiger charge is 2.32. The molecule has 94 valence electrons. The van der Waals surface area contributed by atoms with Crippen LogP contribution < -0.4 is 0 Å². The Morgan fingerprint density at radius 2 is 2.18 bits per heavy atom. The Morgan fingerprint density at radius 3 is 2.71 bits per heavy atom. The van der Waals surface area contributed by atoms with Gasteiger partial charge in [0.1, 0.15) is 0 Å². The Balaban J connectivity index is 2.14. The molecule has 0 unspecified atom stereocenters. The largest absolute Gasteiger partial charge is 0.390 e. The molecule has 0 aliphatic heterocycles. The van der Waals surface area contributed by atoms with Gasteiger partial charge in [0.25, 0.3) is 0 Å². The average Bonchev–Trinajstić information content (AvgIpc) is 2.61. The molecule has 0 radical (unpaired) electrons. The number of hydrogen-bond donors (Lipinski definition) is 1. The minimum absolute atomic E-state index is 0.151. The SMILES string of the molecule is Cc1cc([N+](=O)[O-])nn1CC1(O)CCCCC1. The quantitative estimate of drug-likeness (QED) is 0.644. The molecular weight excluding hydrogens is 222 g/mol. The minimum Gasteiger partial charge on any atom is -0.388 e. The highest BCUT2D eigenvalue weighted by Crippen LogP contribution is 2.30. The minimum atomic E-state index is -0.747. The van der Waals surface area contributed by atoms with Crippen molar-refractivity contribution in [3.63, 3.8) is 0 Å². The van der Waals surface area contributed by atoms with Crippen molar-refractivity contribution in [2.75, 3.05) is 0 Å². The van der Waals surface area contributed by atoms with Gasteiger partial charge in [-0.3, -0.25) is 0 Å². The smallest absolute Gasteiger partial charge is 0.388 e. The number of hydrogen-bond acceptors (Lipinski definition) is 4. The molecule has 1 aliphatic carbocycles. The van der Waals surface area contributed by atoms with E-state index in [2.05, 4.69) is 5.10 Å². The van der Waals surface area contributed by atoms with Gasteiger partial charge in [0, 0.05) is 0 Å². The van der Waals surface area contributed by atoms with Crippen LogP contribution in [0.4, 0.5) is 5.82 Å². The lowest BCUT2D eigenvalue weighted by molar-refractivity contribution is -0.389. The molecule has 1 fully saturated rings. The molecule has 6 nitrogen and oxygen atoms in total. The van der Waals surface area contributed by atoms with Crippen LogP contribution in [0.2, 0.25) is 0 Å². The molecule has 1 saturated carbocycles.